The summed E-state index contributed by atoms with van der Waals surface area (Å²) in [6, 6.07) is 6.50. The van der Waals surface area contributed by atoms with Crippen molar-refractivity contribution in [3.8, 4) is 0 Å². The van der Waals surface area contributed by atoms with Crippen LogP contribution in [0.5, 0.6) is 0 Å². The van der Waals surface area contributed by atoms with Crippen LogP contribution < -0.4 is 5.32 Å². The number of hydrogen-bond donors (Lipinski definition) is 1. The lowest BCUT2D eigenvalue weighted by Gasteiger charge is -2.18. The fourth-order valence-corrected chi connectivity index (χ4v) is 3.21. The van der Waals surface area contributed by atoms with E-state index in [0.717, 1.165) is 47.4 Å². The van der Waals surface area contributed by atoms with Crippen LogP contribution in [0.4, 0.5) is 5.69 Å². The fraction of sp³-hybridized carbons (Fsp3) is 0.286. The molecule has 0 radical (unpaired) electrons. The zero-order chi connectivity index (χ0) is 21.4. The Morgan fingerprint density at radius 3 is 2.66 bits per heavy atom. The van der Waals surface area contributed by atoms with Gasteiger partial charge in [0.05, 0.1) is 0 Å². The molecular formula is C28H35N. The second kappa shape index (κ2) is 10.7. The number of benzene rings is 1. The normalized spacial score (nSPS) is 14.8. The minimum atomic E-state index is 0.323. The molecule has 1 nitrogen and oxygen atoms in total. The lowest BCUT2D eigenvalue weighted by atomic mass is 9.89. The minimum Gasteiger partial charge on any atom is -0.356 e. The summed E-state index contributed by atoms with van der Waals surface area (Å²) in [4.78, 5) is 0. The third kappa shape index (κ3) is 6.64. The van der Waals surface area contributed by atoms with E-state index in [0.29, 0.717) is 5.92 Å². The first-order valence-electron chi connectivity index (χ1n) is 10.4. The van der Waals surface area contributed by atoms with Crippen LogP contribution in [-0.4, -0.2) is 0 Å². The minimum absolute atomic E-state index is 0.323. The van der Waals surface area contributed by atoms with Gasteiger partial charge < -0.3 is 5.32 Å². The summed E-state index contributed by atoms with van der Waals surface area (Å²) in [5.74, 6) is 0.323. The van der Waals surface area contributed by atoms with Crippen molar-refractivity contribution in [2.45, 2.75) is 47.0 Å². The van der Waals surface area contributed by atoms with E-state index in [1.165, 1.54) is 16.7 Å². The van der Waals surface area contributed by atoms with E-state index in [-0.39, 0.29) is 0 Å². The molecule has 0 heterocycles. The first-order chi connectivity index (χ1) is 13.8. The molecule has 1 aromatic carbocycles. The number of anilines is 1. The molecule has 1 N–H and O–H groups in total. The van der Waals surface area contributed by atoms with Gasteiger partial charge in [0.15, 0.2) is 0 Å². The monoisotopic (exact) mass is 385 g/mol. The van der Waals surface area contributed by atoms with Crippen molar-refractivity contribution < 1.29 is 0 Å². The van der Waals surface area contributed by atoms with E-state index in [1.54, 1.807) is 0 Å². The van der Waals surface area contributed by atoms with E-state index < -0.39 is 0 Å². The van der Waals surface area contributed by atoms with Crippen molar-refractivity contribution in [3.63, 3.8) is 0 Å². The summed E-state index contributed by atoms with van der Waals surface area (Å²) in [6.45, 7) is 21.4. The topological polar surface area (TPSA) is 12.0 Å². The second-order valence-electron chi connectivity index (χ2n) is 7.97. The van der Waals surface area contributed by atoms with Gasteiger partial charge >= 0.3 is 0 Å². The molecule has 1 atom stereocenters. The molecule has 1 unspecified atom stereocenters. The molecule has 0 aromatic heterocycles. The summed E-state index contributed by atoms with van der Waals surface area (Å²) >= 11 is 0. The molecule has 1 aliphatic carbocycles. The molecule has 0 spiro atoms. The molecule has 1 aromatic rings. The first-order valence-corrected chi connectivity index (χ1v) is 10.4. The van der Waals surface area contributed by atoms with Crippen LogP contribution in [0.2, 0.25) is 0 Å². The van der Waals surface area contributed by atoms with Gasteiger partial charge in [-0.25, -0.2) is 0 Å². The predicted octanol–water partition coefficient (Wildman–Crippen LogP) is 8.32. The van der Waals surface area contributed by atoms with Gasteiger partial charge in [0.25, 0.3) is 0 Å². The highest BCUT2D eigenvalue weighted by Crippen LogP contribution is 2.31. The van der Waals surface area contributed by atoms with E-state index >= 15 is 0 Å². The third-order valence-corrected chi connectivity index (χ3v) is 5.49. The van der Waals surface area contributed by atoms with E-state index in [2.05, 4.69) is 107 Å². The van der Waals surface area contributed by atoms with Crippen LogP contribution in [0.15, 0.2) is 96.8 Å². The largest absolute Gasteiger partial charge is 0.356 e. The molecule has 152 valence electrons. The number of rotatable bonds is 10. The molecule has 29 heavy (non-hydrogen) atoms. The average Bonchev–Trinajstić information content (AvgIpc) is 3.23. The predicted molar refractivity (Wildman–Crippen MR) is 131 cm³/mol. The quantitative estimate of drug-likeness (QED) is 0.399. The van der Waals surface area contributed by atoms with Crippen LogP contribution in [0, 0.1) is 12.8 Å². The first kappa shape index (κ1) is 22.5. The Morgan fingerprint density at radius 2 is 2.00 bits per heavy atom. The van der Waals surface area contributed by atoms with Crippen LogP contribution in [0.1, 0.15) is 51.2 Å². The Hall–Kier alpha value is -2.80. The zero-order valence-corrected chi connectivity index (χ0v) is 18.5. The second-order valence-corrected chi connectivity index (χ2v) is 7.97. The summed E-state index contributed by atoms with van der Waals surface area (Å²) < 4.78 is 0. The van der Waals surface area contributed by atoms with Crippen molar-refractivity contribution >= 4 is 11.3 Å². The summed E-state index contributed by atoms with van der Waals surface area (Å²) in [5.41, 5.74) is 9.28. The van der Waals surface area contributed by atoms with Gasteiger partial charge in [-0.3, -0.25) is 0 Å². The smallest absolute Gasteiger partial charge is 0.0419 e. The number of nitrogens with one attached hydrogen (secondary N) is 1. The van der Waals surface area contributed by atoms with Gasteiger partial charge in [-0.1, -0.05) is 93.3 Å². The highest BCUT2D eigenvalue weighted by Gasteiger charge is 2.12. The van der Waals surface area contributed by atoms with Crippen LogP contribution in [0.25, 0.3) is 5.57 Å². The number of allylic oxidation sites excluding steroid dienone is 10. The molecular weight excluding hydrogens is 350 g/mol. The van der Waals surface area contributed by atoms with E-state index in [4.69, 9.17) is 0 Å². The molecule has 0 fully saturated rings. The van der Waals surface area contributed by atoms with Gasteiger partial charge in [-0.15, -0.1) is 0 Å². The molecule has 1 aliphatic rings. The fourth-order valence-electron chi connectivity index (χ4n) is 3.21. The average molecular weight is 386 g/mol. The molecule has 0 amide bonds. The molecule has 2 rings (SSSR count). The summed E-state index contributed by atoms with van der Waals surface area (Å²) in [7, 11) is 0. The Labute approximate surface area is 177 Å². The third-order valence-electron chi connectivity index (χ3n) is 5.49. The zero-order valence-electron chi connectivity index (χ0n) is 18.5. The number of aryl methyl sites for hydroxylation is 1. The van der Waals surface area contributed by atoms with Crippen molar-refractivity contribution in [2.24, 2.45) is 5.92 Å². The number of hydrogen-bond acceptors (Lipinski definition) is 1. The molecule has 0 aliphatic heterocycles. The van der Waals surface area contributed by atoms with Gasteiger partial charge in [0.2, 0.25) is 0 Å². The van der Waals surface area contributed by atoms with Crippen LogP contribution in [-0.2, 0) is 0 Å². The van der Waals surface area contributed by atoms with Gasteiger partial charge in [0, 0.05) is 11.4 Å². The lowest BCUT2D eigenvalue weighted by Crippen LogP contribution is -2.04. The SMILES string of the molecule is C=C(/C=C\C=C(/C)CC)CC(C)C(=C)c1ccc(C)c(NC(=C)C2=CC=CC2)c1. The van der Waals surface area contributed by atoms with Gasteiger partial charge in [-0.05, 0) is 67.4 Å². The van der Waals surface area contributed by atoms with Crippen LogP contribution in [0.3, 0.4) is 0 Å². The van der Waals surface area contributed by atoms with E-state index in [9.17, 15) is 0 Å². The van der Waals surface area contributed by atoms with Gasteiger partial charge in [-0.2, -0.15) is 0 Å². The lowest BCUT2D eigenvalue weighted by molar-refractivity contribution is 0.750. The standard InChI is InChI=1S/C28H35N/c1-8-20(2)12-11-13-21(3)18-23(5)24(6)27-17-16-22(4)28(19-27)29-25(7)26-14-9-10-15-26/h9-14,16-17,19,23,29H,3,6-8,15,18H2,1-2,4-5H3/b13-11-,20-12+. The summed E-state index contributed by atoms with van der Waals surface area (Å²) in [6.07, 6.45) is 15.6. The Balaban J connectivity index is 2.04. The van der Waals surface area contributed by atoms with Crippen molar-refractivity contribution in [1.29, 1.82) is 0 Å². The van der Waals surface area contributed by atoms with Crippen molar-refractivity contribution in [3.05, 3.63) is 108 Å². The maximum absolute atomic E-state index is 4.38. The van der Waals surface area contributed by atoms with Crippen molar-refractivity contribution in [2.75, 3.05) is 5.32 Å². The maximum Gasteiger partial charge on any atom is 0.0419 e. The Morgan fingerprint density at radius 1 is 1.24 bits per heavy atom. The maximum atomic E-state index is 4.38. The molecule has 1 heteroatoms. The van der Waals surface area contributed by atoms with Crippen LogP contribution >= 0.6 is 0 Å². The molecule has 0 saturated carbocycles. The Kier molecular flexibility index (Phi) is 8.27. The molecule has 0 saturated heterocycles. The Bertz CT molecular complexity index is 902. The van der Waals surface area contributed by atoms with E-state index in [1.807, 2.05) is 0 Å². The molecule has 0 bridgehead atoms. The summed E-state index contributed by atoms with van der Waals surface area (Å²) in [5, 5.41) is 3.49. The highest BCUT2D eigenvalue weighted by molar-refractivity contribution is 5.71. The van der Waals surface area contributed by atoms with Gasteiger partial charge in [0.1, 0.15) is 0 Å². The highest BCUT2D eigenvalue weighted by atomic mass is 14.9. The van der Waals surface area contributed by atoms with Crippen molar-refractivity contribution in [1.82, 2.24) is 0 Å².